The third-order valence-corrected chi connectivity index (χ3v) is 3.00. The average molecular weight is 172 g/mol. The second-order valence-corrected chi connectivity index (χ2v) is 4.18. The number of hydrogen-bond acceptors (Lipinski definition) is 2. The monoisotopic (exact) mass is 172 g/mol. The van der Waals surface area contributed by atoms with Crippen molar-refractivity contribution in [1.82, 2.24) is 0 Å². The molecule has 11 heavy (non-hydrogen) atoms. The highest BCUT2D eigenvalue weighted by Crippen LogP contribution is 2.24. The lowest BCUT2D eigenvalue weighted by molar-refractivity contribution is -0.124. The molecule has 0 heterocycles. The quantitative estimate of drug-likeness (QED) is 0.650. The zero-order valence-corrected chi connectivity index (χ0v) is 7.95. The Morgan fingerprint density at radius 2 is 2.36 bits per heavy atom. The molecular formula is C9H16OS. The smallest absolute Gasteiger partial charge is 0.136 e. The highest BCUT2D eigenvalue weighted by atomic mass is 32.2. The summed E-state index contributed by atoms with van der Waals surface area (Å²) in [6, 6.07) is 0. The molecular weight excluding hydrogens is 156 g/mol. The number of ketones is 1. The molecule has 0 spiro atoms. The van der Waals surface area contributed by atoms with E-state index in [9.17, 15) is 4.79 Å². The van der Waals surface area contributed by atoms with Gasteiger partial charge in [0.05, 0.1) is 0 Å². The largest absolute Gasteiger partial charge is 0.299 e. The van der Waals surface area contributed by atoms with Gasteiger partial charge in [-0.25, -0.2) is 0 Å². The molecule has 1 aliphatic rings. The Balaban J connectivity index is 2.24. The van der Waals surface area contributed by atoms with E-state index in [0.717, 1.165) is 31.4 Å². The van der Waals surface area contributed by atoms with E-state index in [-0.39, 0.29) is 0 Å². The summed E-state index contributed by atoms with van der Waals surface area (Å²) >= 11 is 1.85. The van der Waals surface area contributed by atoms with Gasteiger partial charge in [-0.15, -0.1) is 0 Å². The molecule has 1 fully saturated rings. The third-order valence-electron chi connectivity index (χ3n) is 2.35. The molecule has 0 aromatic carbocycles. The Kier molecular flexibility index (Phi) is 3.98. The Morgan fingerprint density at radius 3 is 3.00 bits per heavy atom. The first-order valence-electron chi connectivity index (χ1n) is 4.36. The maximum atomic E-state index is 11.3. The van der Waals surface area contributed by atoms with Crippen LogP contribution in [0.1, 0.15) is 32.1 Å². The Morgan fingerprint density at radius 1 is 1.55 bits per heavy atom. The van der Waals surface area contributed by atoms with Crippen LogP contribution in [0.3, 0.4) is 0 Å². The van der Waals surface area contributed by atoms with Crippen LogP contribution in [0.15, 0.2) is 0 Å². The van der Waals surface area contributed by atoms with Crippen LogP contribution in [0, 0.1) is 5.92 Å². The van der Waals surface area contributed by atoms with E-state index >= 15 is 0 Å². The predicted molar refractivity (Wildman–Crippen MR) is 50.0 cm³/mol. The van der Waals surface area contributed by atoms with E-state index in [4.69, 9.17) is 0 Å². The van der Waals surface area contributed by atoms with Gasteiger partial charge in [0.2, 0.25) is 0 Å². The SMILES string of the molecule is CSCCC1CCCCC1=O. The molecule has 1 saturated carbocycles. The molecule has 0 amide bonds. The van der Waals surface area contributed by atoms with Crippen molar-refractivity contribution < 1.29 is 4.79 Å². The van der Waals surface area contributed by atoms with Crippen LogP contribution in [0.25, 0.3) is 0 Å². The molecule has 0 radical (unpaired) electrons. The van der Waals surface area contributed by atoms with E-state index in [0.29, 0.717) is 11.7 Å². The van der Waals surface area contributed by atoms with E-state index in [2.05, 4.69) is 6.26 Å². The first-order chi connectivity index (χ1) is 5.34. The summed E-state index contributed by atoms with van der Waals surface area (Å²) in [4.78, 5) is 11.3. The molecule has 0 bridgehead atoms. The van der Waals surface area contributed by atoms with Crippen LogP contribution >= 0.6 is 11.8 Å². The van der Waals surface area contributed by atoms with Gasteiger partial charge in [-0.3, -0.25) is 4.79 Å². The van der Waals surface area contributed by atoms with Crippen LogP contribution in [0.4, 0.5) is 0 Å². The zero-order chi connectivity index (χ0) is 8.10. The lowest BCUT2D eigenvalue weighted by Crippen LogP contribution is -2.19. The number of hydrogen-bond donors (Lipinski definition) is 0. The second-order valence-electron chi connectivity index (χ2n) is 3.19. The molecule has 1 rings (SSSR count). The second kappa shape index (κ2) is 4.81. The van der Waals surface area contributed by atoms with Crippen LogP contribution in [0.5, 0.6) is 0 Å². The normalized spacial score (nSPS) is 25.5. The minimum Gasteiger partial charge on any atom is -0.299 e. The molecule has 0 aromatic rings. The van der Waals surface area contributed by atoms with Gasteiger partial charge in [-0.05, 0) is 31.3 Å². The standard InChI is InChI=1S/C9H16OS/c1-11-7-6-8-4-2-3-5-9(8)10/h8H,2-7H2,1H3. The molecule has 1 aliphatic carbocycles. The van der Waals surface area contributed by atoms with Gasteiger partial charge in [0.25, 0.3) is 0 Å². The minimum absolute atomic E-state index is 0.413. The molecule has 0 saturated heterocycles. The zero-order valence-electron chi connectivity index (χ0n) is 7.14. The molecule has 1 nitrogen and oxygen atoms in total. The molecule has 1 unspecified atom stereocenters. The fourth-order valence-electron chi connectivity index (χ4n) is 1.62. The van der Waals surface area contributed by atoms with E-state index in [1.165, 1.54) is 6.42 Å². The van der Waals surface area contributed by atoms with E-state index < -0.39 is 0 Å². The fraction of sp³-hybridized carbons (Fsp3) is 0.889. The van der Waals surface area contributed by atoms with Crippen molar-refractivity contribution in [3.05, 3.63) is 0 Å². The van der Waals surface area contributed by atoms with Crippen LogP contribution in [-0.4, -0.2) is 17.8 Å². The molecule has 0 aliphatic heterocycles. The predicted octanol–water partition coefficient (Wildman–Crippen LogP) is 2.50. The maximum absolute atomic E-state index is 11.3. The van der Waals surface area contributed by atoms with Gasteiger partial charge in [-0.2, -0.15) is 11.8 Å². The van der Waals surface area contributed by atoms with Gasteiger partial charge in [0.15, 0.2) is 0 Å². The molecule has 0 N–H and O–H groups in total. The fourth-order valence-corrected chi connectivity index (χ4v) is 2.14. The van der Waals surface area contributed by atoms with Crippen LogP contribution in [0.2, 0.25) is 0 Å². The third kappa shape index (κ3) is 2.86. The van der Waals surface area contributed by atoms with Crippen molar-refractivity contribution in [3.8, 4) is 0 Å². The number of rotatable bonds is 3. The highest BCUT2D eigenvalue weighted by molar-refractivity contribution is 7.98. The summed E-state index contributed by atoms with van der Waals surface area (Å²) in [7, 11) is 0. The maximum Gasteiger partial charge on any atom is 0.136 e. The topological polar surface area (TPSA) is 17.1 Å². The summed E-state index contributed by atoms with van der Waals surface area (Å²) in [5, 5.41) is 0. The molecule has 2 heteroatoms. The van der Waals surface area contributed by atoms with E-state index in [1.54, 1.807) is 0 Å². The number of Topliss-reactive ketones (excluding diaryl/α,β-unsaturated/α-hetero) is 1. The Hall–Kier alpha value is 0.0200. The lowest BCUT2D eigenvalue weighted by Gasteiger charge is -2.19. The molecule has 0 aromatic heterocycles. The first-order valence-corrected chi connectivity index (χ1v) is 5.75. The van der Waals surface area contributed by atoms with Crippen molar-refractivity contribution in [3.63, 3.8) is 0 Å². The summed E-state index contributed by atoms with van der Waals surface area (Å²) in [6.07, 6.45) is 7.62. The summed E-state index contributed by atoms with van der Waals surface area (Å²) in [5.41, 5.74) is 0. The molecule has 1 atom stereocenters. The Labute approximate surface area is 72.9 Å². The van der Waals surface area contributed by atoms with Gasteiger partial charge < -0.3 is 0 Å². The summed E-state index contributed by atoms with van der Waals surface area (Å²) in [5.74, 6) is 2.08. The highest BCUT2D eigenvalue weighted by Gasteiger charge is 2.20. The average Bonchev–Trinajstić information content (AvgIpc) is 2.03. The van der Waals surface area contributed by atoms with Crippen LogP contribution < -0.4 is 0 Å². The number of carbonyl (C=O) groups excluding carboxylic acids is 1. The van der Waals surface area contributed by atoms with Gasteiger partial charge >= 0.3 is 0 Å². The van der Waals surface area contributed by atoms with Crippen molar-refractivity contribution in [2.75, 3.05) is 12.0 Å². The van der Waals surface area contributed by atoms with E-state index in [1.807, 2.05) is 11.8 Å². The van der Waals surface area contributed by atoms with Gasteiger partial charge in [0.1, 0.15) is 5.78 Å². The first kappa shape index (κ1) is 9.11. The minimum atomic E-state index is 0.413. The molecule has 64 valence electrons. The summed E-state index contributed by atoms with van der Waals surface area (Å²) < 4.78 is 0. The lowest BCUT2D eigenvalue weighted by atomic mass is 9.86. The van der Waals surface area contributed by atoms with Crippen molar-refractivity contribution >= 4 is 17.5 Å². The number of thioether (sulfide) groups is 1. The number of carbonyl (C=O) groups is 1. The van der Waals surface area contributed by atoms with Gasteiger partial charge in [-0.1, -0.05) is 6.42 Å². The van der Waals surface area contributed by atoms with Gasteiger partial charge in [0, 0.05) is 12.3 Å². The Bertz CT molecular complexity index is 134. The van der Waals surface area contributed by atoms with Crippen molar-refractivity contribution in [1.29, 1.82) is 0 Å². The van der Waals surface area contributed by atoms with Crippen LogP contribution in [-0.2, 0) is 4.79 Å². The summed E-state index contributed by atoms with van der Waals surface area (Å²) in [6.45, 7) is 0. The van der Waals surface area contributed by atoms with Crippen molar-refractivity contribution in [2.45, 2.75) is 32.1 Å². The van der Waals surface area contributed by atoms with Crippen molar-refractivity contribution in [2.24, 2.45) is 5.92 Å².